The molecule has 1 atom stereocenters. The fourth-order valence-corrected chi connectivity index (χ4v) is 2.69. The molecule has 0 unspecified atom stereocenters. The lowest BCUT2D eigenvalue weighted by molar-refractivity contribution is 0.0625. The van der Waals surface area contributed by atoms with Crippen LogP contribution in [-0.4, -0.2) is 36.5 Å². The zero-order valence-corrected chi connectivity index (χ0v) is 13.4. The molecule has 2 aromatic rings. The number of nitrogens with one attached hydrogen (secondary N) is 1. The number of nitrogens with zero attached hydrogens (tertiary/aromatic N) is 1. The Labute approximate surface area is 130 Å². The normalized spacial score (nSPS) is 18.6. The van der Waals surface area contributed by atoms with Crippen molar-refractivity contribution in [2.45, 2.75) is 26.8 Å². The lowest BCUT2D eigenvalue weighted by Gasteiger charge is -2.33. The van der Waals surface area contributed by atoms with E-state index in [4.69, 9.17) is 4.42 Å². The number of aryl methyl sites for hydroxylation is 2. The Balaban J connectivity index is 0.00000161. The predicted molar refractivity (Wildman–Crippen MR) is 86.3 cm³/mol. The van der Waals surface area contributed by atoms with Crippen molar-refractivity contribution in [3.63, 3.8) is 0 Å². The monoisotopic (exact) mass is 308 g/mol. The van der Waals surface area contributed by atoms with Crippen LogP contribution in [0.1, 0.15) is 28.6 Å². The van der Waals surface area contributed by atoms with E-state index in [0.717, 1.165) is 30.6 Å². The summed E-state index contributed by atoms with van der Waals surface area (Å²) in [4.78, 5) is 14.4. The third-order valence-electron chi connectivity index (χ3n) is 4.11. The number of amides is 1. The molecule has 0 spiro atoms. The van der Waals surface area contributed by atoms with E-state index in [1.165, 1.54) is 11.1 Å². The molecule has 1 aliphatic heterocycles. The number of carbonyl (C=O) groups is 1. The molecule has 3 rings (SSSR count). The molecule has 1 fully saturated rings. The highest BCUT2D eigenvalue weighted by molar-refractivity contribution is 5.96. The number of piperazine rings is 1. The van der Waals surface area contributed by atoms with Gasteiger partial charge in [-0.05, 0) is 50.1 Å². The van der Waals surface area contributed by atoms with E-state index in [-0.39, 0.29) is 24.4 Å². The molecule has 1 aliphatic rings. The lowest BCUT2D eigenvalue weighted by atomic mass is 10.1. The van der Waals surface area contributed by atoms with Crippen LogP contribution in [0.15, 0.2) is 22.6 Å². The predicted octanol–water partition coefficient (Wildman–Crippen LogP) is 2.91. The second kappa shape index (κ2) is 6.08. The molecule has 0 saturated carbocycles. The molecule has 1 aromatic heterocycles. The smallest absolute Gasteiger partial charge is 0.289 e. The van der Waals surface area contributed by atoms with Crippen LogP contribution in [-0.2, 0) is 0 Å². The number of hydrogen-bond acceptors (Lipinski definition) is 3. The number of carbonyl (C=O) groups excluding carboxylic acids is 1. The van der Waals surface area contributed by atoms with Gasteiger partial charge in [-0.3, -0.25) is 4.79 Å². The molecule has 1 saturated heterocycles. The number of rotatable bonds is 1. The minimum absolute atomic E-state index is 0. The van der Waals surface area contributed by atoms with E-state index in [2.05, 4.69) is 32.2 Å². The van der Waals surface area contributed by atoms with Gasteiger partial charge in [0.15, 0.2) is 5.76 Å². The van der Waals surface area contributed by atoms with E-state index in [9.17, 15) is 4.79 Å². The summed E-state index contributed by atoms with van der Waals surface area (Å²) in [5, 5.41) is 4.29. The molecular weight excluding hydrogens is 288 g/mol. The van der Waals surface area contributed by atoms with Crippen LogP contribution in [0.3, 0.4) is 0 Å². The summed E-state index contributed by atoms with van der Waals surface area (Å²) < 4.78 is 5.76. The van der Waals surface area contributed by atoms with Gasteiger partial charge in [-0.2, -0.15) is 0 Å². The SMILES string of the molecule is Cc1cc2cc(C(=O)N3CCNC[C@H]3C)oc2cc1C.Cl. The minimum Gasteiger partial charge on any atom is -0.451 e. The first-order valence-electron chi connectivity index (χ1n) is 7.09. The summed E-state index contributed by atoms with van der Waals surface area (Å²) in [7, 11) is 0. The summed E-state index contributed by atoms with van der Waals surface area (Å²) in [6, 6.07) is 6.14. The summed E-state index contributed by atoms with van der Waals surface area (Å²) >= 11 is 0. The van der Waals surface area contributed by atoms with E-state index in [0.29, 0.717) is 5.76 Å². The van der Waals surface area contributed by atoms with Gasteiger partial charge in [-0.1, -0.05) is 0 Å². The first-order valence-corrected chi connectivity index (χ1v) is 7.09. The fourth-order valence-electron chi connectivity index (χ4n) is 2.69. The maximum absolute atomic E-state index is 12.6. The molecule has 0 radical (unpaired) electrons. The van der Waals surface area contributed by atoms with Crippen LogP contribution in [0.5, 0.6) is 0 Å². The van der Waals surface area contributed by atoms with E-state index < -0.39 is 0 Å². The van der Waals surface area contributed by atoms with Gasteiger partial charge < -0.3 is 14.6 Å². The fraction of sp³-hybridized carbons (Fsp3) is 0.438. The van der Waals surface area contributed by atoms with E-state index in [1.807, 2.05) is 17.0 Å². The first kappa shape index (κ1) is 15.9. The van der Waals surface area contributed by atoms with Gasteiger partial charge in [0.1, 0.15) is 5.58 Å². The summed E-state index contributed by atoms with van der Waals surface area (Å²) in [6.45, 7) is 8.59. The van der Waals surface area contributed by atoms with Crippen LogP contribution < -0.4 is 5.32 Å². The lowest BCUT2D eigenvalue weighted by Crippen LogP contribution is -2.52. The van der Waals surface area contributed by atoms with Crippen LogP contribution in [0, 0.1) is 13.8 Å². The molecular formula is C16H21ClN2O2. The van der Waals surface area contributed by atoms with Crippen molar-refractivity contribution in [3.05, 3.63) is 35.1 Å². The van der Waals surface area contributed by atoms with Crippen LogP contribution in [0.4, 0.5) is 0 Å². The zero-order valence-electron chi connectivity index (χ0n) is 12.6. The second-order valence-electron chi connectivity index (χ2n) is 5.64. The standard InChI is InChI=1S/C16H20N2O2.ClH/c1-10-6-13-8-15(20-14(13)7-11(10)2)16(19)18-5-4-17-9-12(18)3;/h6-8,12,17H,4-5,9H2,1-3H3;1H/t12-;/m1./s1. The summed E-state index contributed by atoms with van der Waals surface area (Å²) in [5.41, 5.74) is 3.19. The van der Waals surface area contributed by atoms with Crippen LogP contribution >= 0.6 is 12.4 Å². The van der Waals surface area contributed by atoms with Gasteiger partial charge >= 0.3 is 0 Å². The topological polar surface area (TPSA) is 45.5 Å². The maximum atomic E-state index is 12.6. The Hall–Kier alpha value is -1.52. The van der Waals surface area contributed by atoms with E-state index >= 15 is 0 Å². The second-order valence-corrected chi connectivity index (χ2v) is 5.64. The molecule has 21 heavy (non-hydrogen) atoms. The zero-order chi connectivity index (χ0) is 14.3. The average molecular weight is 309 g/mol. The van der Waals surface area contributed by atoms with Crippen molar-refractivity contribution in [2.75, 3.05) is 19.6 Å². The number of halogens is 1. The highest BCUT2D eigenvalue weighted by Crippen LogP contribution is 2.24. The van der Waals surface area contributed by atoms with Gasteiger partial charge in [-0.25, -0.2) is 0 Å². The quantitative estimate of drug-likeness (QED) is 0.881. The average Bonchev–Trinajstić information content (AvgIpc) is 2.82. The molecule has 1 amide bonds. The van der Waals surface area contributed by atoms with E-state index in [1.54, 1.807) is 0 Å². The highest BCUT2D eigenvalue weighted by Gasteiger charge is 2.26. The molecule has 0 aliphatic carbocycles. The Kier molecular flexibility index (Phi) is 4.59. The molecule has 5 heteroatoms. The van der Waals surface area contributed by atoms with Gasteiger partial charge in [-0.15, -0.1) is 12.4 Å². The Bertz CT molecular complexity index is 627. The van der Waals surface area contributed by atoms with Crippen molar-refractivity contribution in [3.8, 4) is 0 Å². The maximum Gasteiger partial charge on any atom is 0.289 e. The van der Waals surface area contributed by atoms with Gasteiger partial charge in [0.25, 0.3) is 5.91 Å². The van der Waals surface area contributed by atoms with Crippen LogP contribution in [0.2, 0.25) is 0 Å². The highest BCUT2D eigenvalue weighted by atomic mass is 35.5. The van der Waals surface area contributed by atoms with Crippen molar-refractivity contribution in [2.24, 2.45) is 0 Å². The summed E-state index contributed by atoms with van der Waals surface area (Å²) in [5.74, 6) is 0.434. The van der Waals surface area contributed by atoms with Crippen LogP contribution in [0.25, 0.3) is 11.0 Å². The Morgan fingerprint density at radius 2 is 2.00 bits per heavy atom. The Morgan fingerprint density at radius 3 is 2.71 bits per heavy atom. The third kappa shape index (κ3) is 2.92. The van der Waals surface area contributed by atoms with Crippen molar-refractivity contribution in [1.29, 1.82) is 0 Å². The molecule has 4 nitrogen and oxygen atoms in total. The summed E-state index contributed by atoms with van der Waals surface area (Å²) in [6.07, 6.45) is 0. The molecule has 114 valence electrons. The van der Waals surface area contributed by atoms with Crippen molar-refractivity contribution in [1.82, 2.24) is 10.2 Å². The van der Waals surface area contributed by atoms with Crippen molar-refractivity contribution >= 4 is 29.3 Å². The molecule has 1 aromatic carbocycles. The minimum atomic E-state index is -0.00879. The molecule has 0 bridgehead atoms. The Morgan fingerprint density at radius 1 is 1.29 bits per heavy atom. The first-order chi connectivity index (χ1) is 9.56. The molecule has 2 heterocycles. The van der Waals surface area contributed by atoms with Crippen molar-refractivity contribution < 1.29 is 9.21 Å². The number of furan rings is 1. The largest absolute Gasteiger partial charge is 0.451 e. The van der Waals surface area contributed by atoms with Gasteiger partial charge in [0.2, 0.25) is 0 Å². The number of benzene rings is 1. The number of hydrogen-bond donors (Lipinski definition) is 1. The number of fused-ring (bicyclic) bond motifs is 1. The van der Waals surface area contributed by atoms with Gasteiger partial charge in [0, 0.05) is 31.1 Å². The van der Waals surface area contributed by atoms with Gasteiger partial charge in [0.05, 0.1) is 0 Å². The molecule has 1 N–H and O–H groups in total. The third-order valence-corrected chi connectivity index (χ3v) is 4.11.